The van der Waals surface area contributed by atoms with E-state index in [1.807, 2.05) is 6.92 Å². The lowest BCUT2D eigenvalue weighted by Gasteiger charge is -2.04. The van der Waals surface area contributed by atoms with Crippen LogP contribution in [0.4, 0.5) is 4.39 Å². The molecule has 1 atom stereocenters. The van der Waals surface area contributed by atoms with Crippen molar-refractivity contribution in [2.45, 2.75) is 19.1 Å². The zero-order valence-corrected chi connectivity index (χ0v) is 10.6. The zero-order chi connectivity index (χ0) is 12.7. The Morgan fingerprint density at radius 3 is 2.76 bits per heavy atom. The fraction of sp³-hybridized carbons (Fsp3) is 0.417. The molecule has 1 N–H and O–H groups in total. The smallest absolute Gasteiger partial charge is 0.232 e. The van der Waals surface area contributed by atoms with Crippen molar-refractivity contribution < 1.29 is 13.4 Å². The number of hydrogen-bond acceptors (Lipinski definition) is 2. The topological polar surface area (TPSA) is 46.2 Å². The van der Waals surface area contributed by atoms with Crippen LogP contribution in [0.15, 0.2) is 24.3 Å². The van der Waals surface area contributed by atoms with Gasteiger partial charge in [0, 0.05) is 22.9 Å². The number of carbonyl (C=O) groups is 1. The van der Waals surface area contributed by atoms with Crippen molar-refractivity contribution in [2.24, 2.45) is 0 Å². The molecule has 0 saturated heterocycles. The Hall–Kier alpha value is -1.23. The summed E-state index contributed by atoms with van der Waals surface area (Å²) in [5.41, 5.74) is 0.383. The van der Waals surface area contributed by atoms with Gasteiger partial charge in [-0.15, -0.1) is 0 Å². The van der Waals surface area contributed by atoms with E-state index in [1.165, 1.54) is 6.07 Å². The van der Waals surface area contributed by atoms with E-state index in [9.17, 15) is 13.4 Å². The molecule has 0 aliphatic rings. The summed E-state index contributed by atoms with van der Waals surface area (Å²) in [5.74, 6) is -0.628. The molecular weight excluding hydrogens is 241 g/mol. The summed E-state index contributed by atoms with van der Waals surface area (Å²) in [6, 6.07) is 6.17. The molecule has 5 heteroatoms. The van der Waals surface area contributed by atoms with E-state index in [0.29, 0.717) is 12.1 Å². The third-order valence-electron chi connectivity index (χ3n) is 2.14. The van der Waals surface area contributed by atoms with Crippen molar-refractivity contribution in [2.75, 3.05) is 12.3 Å². The van der Waals surface area contributed by atoms with Crippen LogP contribution in [0.2, 0.25) is 0 Å². The van der Waals surface area contributed by atoms with Gasteiger partial charge in [-0.25, -0.2) is 4.39 Å². The van der Waals surface area contributed by atoms with E-state index in [-0.39, 0.29) is 23.2 Å². The lowest BCUT2D eigenvalue weighted by molar-refractivity contribution is -0.118. The summed E-state index contributed by atoms with van der Waals surface area (Å²) in [6.07, 6.45) is 0.839. The summed E-state index contributed by atoms with van der Waals surface area (Å²) in [7, 11) is -1.37. The molecule has 1 rings (SSSR count). The first kappa shape index (κ1) is 13.8. The quantitative estimate of drug-likeness (QED) is 0.841. The Morgan fingerprint density at radius 2 is 2.12 bits per heavy atom. The highest BCUT2D eigenvalue weighted by Gasteiger charge is 2.10. The highest BCUT2D eigenvalue weighted by atomic mass is 32.2. The number of carbonyl (C=O) groups excluding carboxylic acids is 1. The summed E-state index contributed by atoms with van der Waals surface area (Å²) < 4.78 is 24.9. The van der Waals surface area contributed by atoms with Gasteiger partial charge in [0.05, 0.1) is 5.75 Å². The third-order valence-corrected chi connectivity index (χ3v) is 3.36. The predicted octanol–water partition coefficient (Wildman–Crippen LogP) is 1.60. The number of rotatable bonds is 6. The van der Waals surface area contributed by atoms with Crippen molar-refractivity contribution in [3.8, 4) is 0 Å². The van der Waals surface area contributed by atoms with Gasteiger partial charge in [-0.2, -0.15) is 0 Å². The van der Waals surface area contributed by atoms with Crippen LogP contribution in [0.3, 0.4) is 0 Å². The van der Waals surface area contributed by atoms with Crippen molar-refractivity contribution >= 4 is 16.7 Å². The Kier molecular flexibility index (Phi) is 5.83. The van der Waals surface area contributed by atoms with Crippen LogP contribution in [-0.2, 0) is 21.3 Å². The molecule has 94 valence electrons. The molecule has 0 radical (unpaired) electrons. The van der Waals surface area contributed by atoms with Gasteiger partial charge >= 0.3 is 0 Å². The van der Waals surface area contributed by atoms with Crippen molar-refractivity contribution in [3.63, 3.8) is 0 Å². The first-order valence-corrected chi connectivity index (χ1v) is 6.97. The monoisotopic (exact) mass is 257 g/mol. The zero-order valence-electron chi connectivity index (χ0n) is 9.74. The molecule has 0 unspecified atom stereocenters. The average molecular weight is 257 g/mol. The number of halogens is 1. The van der Waals surface area contributed by atoms with E-state index < -0.39 is 10.8 Å². The maximum Gasteiger partial charge on any atom is 0.232 e. The van der Waals surface area contributed by atoms with E-state index in [4.69, 9.17) is 0 Å². The minimum Gasteiger partial charge on any atom is -0.355 e. The number of nitrogens with one attached hydrogen (secondary N) is 1. The Balaban J connectivity index is 2.45. The van der Waals surface area contributed by atoms with Gasteiger partial charge in [0.15, 0.2) is 0 Å². The molecule has 0 aliphatic carbocycles. The first-order chi connectivity index (χ1) is 8.13. The molecule has 0 bridgehead atoms. The first-order valence-electron chi connectivity index (χ1n) is 5.48. The second-order valence-corrected chi connectivity index (χ2v) is 5.13. The minimum absolute atomic E-state index is 0.0751. The second-order valence-electron chi connectivity index (χ2n) is 3.67. The van der Waals surface area contributed by atoms with E-state index in [0.717, 1.165) is 6.42 Å². The van der Waals surface area contributed by atoms with E-state index in [1.54, 1.807) is 18.2 Å². The van der Waals surface area contributed by atoms with Crippen LogP contribution in [-0.4, -0.2) is 22.4 Å². The van der Waals surface area contributed by atoms with Gasteiger partial charge < -0.3 is 5.32 Å². The molecule has 1 amide bonds. The van der Waals surface area contributed by atoms with Gasteiger partial charge in [0.2, 0.25) is 5.91 Å². The van der Waals surface area contributed by atoms with Gasteiger partial charge in [-0.05, 0) is 12.5 Å². The molecule has 0 spiro atoms. The average Bonchev–Trinajstić information content (AvgIpc) is 2.29. The van der Waals surface area contributed by atoms with Crippen LogP contribution in [0.1, 0.15) is 18.9 Å². The molecule has 0 fully saturated rings. The number of benzene rings is 1. The molecule has 1 aromatic carbocycles. The molecule has 0 heterocycles. The van der Waals surface area contributed by atoms with Gasteiger partial charge in [0.25, 0.3) is 0 Å². The lowest BCUT2D eigenvalue weighted by Crippen LogP contribution is -2.29. The Labute approximate surface area is 103 Å². The largest absolute Gasteiger partial charge is 0.355 e. The van der Waals surface area contributed by atoms with E-state index in [2.05, 4.69) is 5.32 Å². The molecular formula is C12H16FNO2S. The van der Waals surface area contributed by atoms with E-state index >= 15 is 0 Å². The second kappa shape index (κ2) is 7.17. The fourth-order valence-electron chi connectivity index (χ4n) is 1.30. The molecule has 0 aliphatic heterocycles. The molecule has 1 aromatic rings. The summed E-state index contributed by atoms with van der Waals surface area (Å²) in [6.45, 7) is 2.52. The summed E-state index contributed by atoms with van der Waals surface area (Å²) in [5, 5.41) is 2.64. The van der Waals surface area contributed by atoms with Crippen molar-refractivity contribution in [1.29, 1.82) is 0 Å². The third kappa shape index (κ3) is 5.08. The molecule has 0 saturated carbocycles. The maximum absolute atomic E-state index is 13.3. The van der Waals surface area contributed by atoms with Crippen LogP contribution < -0.4 is 5.32 Å². The lowest BCUT2D eigenvalue weighted by atomic mass is 10.2. The minimum atomic E-state index is -1.37. The van der Waals surface area contributed by atoms with Crippen LogP contribution in [0.5, 0.6) is 0 Å². The Bertz CT molecular complexity index is 409. The SMILES string of the molecule is CCCNC(=O)C[S@@](=O)Cc1ccccc1F. The summed E-state index contributed by atoms with van der Waals surface area (Å²) >= 11 is 0. The molecule has 17 heavy (non-hydrogen) atoms. The van der Waals surface area contributed by atoms with Crippen molar-refractivity contribution in [3.05, 3.63) is 35.6 Å². The highest BCUT2D eigenvalue weighted by Crippen LogP contribution is 2.08. The fourth-order valence-corrected chi connectivity index (χ4v) is 2.38. The van der Waals surface area contributed by atoms with Crippen molar-refractivity contribution in [1.82, 2.24) is 5.32 Å². The molecule has 3 nitrogen and oxygen atoms in total. The standard InChI is InChI=1S/C12H16FNO2S/c1-2-7-14-12(15)9-17(16)8-10-5-3-4-6-11(10)13/h3-6H,2,7-9H2,1H3,(H,14,15)/t17-/m0/s1. The van der Waals surface area contributed by atoms with Gasteiger partial charge in [-0.3, -0.25) is 9.00 Å². The summed E-state index contributed by atoms with van der Waals surface area (Å²) in [4.78, 5) is 11.3. The van der Waals surface area contributed by atoms with Gasteiger partial charge in [0.1, 0.15) is 11.6 Å². The van der Waals surface area contributed by atoms with Gasteiger partial charge in [-0.1, -0.05) is 25.1 Å². The normalized spacial score (nSPS) is 12.1. The highest BCUT2D eigenvalue weighted by molar-refractivity contribution is 7.84. The maximum atomic E-state index is 13.3. The number of amides is 1. The number of hydrogen-bond donors (Lipinski definition) is 1. The predicted molar refractivity (Wildman–Crippen MR) is 66.4 cm³/mol. The van der Waals surface area contributed by atoms with Crippen LogP contribution in [0.25, 0.3) is 0 Å². The molecule has 0 aromatic heterocycles. The van der Waals surface area contributed by atoms with Crippen LogP contribution >= 0.6 is 0 Å². The Morgan fingerprint density at radius 1 is 1.41 bits per heavy atom. The van der Waals surface area contributed by atoms with Crippen LogP contribution in [0, 0.1) is 5.82 Å².